The molecule has 0 aliphatic rings. The highest BCUT2D eigenvalue weighted by Gasteiger charge is 2.08. The van der Waals surface area contributed by atoms with Gasteiger partial charge in [0.25, 0.3) is 0 Å². The average Bonchev–Trinajstić information content (AvgIpc) is 2.86. The van der Waals surface area contributed by atoms with Gasteiger partial charge in [0.05, 0.1) is 17.3 Å². The smallest absolute Gasteiger partial charge is 0.134 e. The lowest BCUT2D eigenvalue weighted by atomic mass is 10.2. The molecule has 0 unspecified atom stereocenters. The molecular formula is C15H17BrFNO2. The van der Waals surface area contributed by atoms with Crippen LogP contribution in [0, 0.1) is 5.82 Å². The molecule has 2 aromatic rings. The molecule has 0 saturated carbocycles. The largest absolute Gasteiger partial charge is 0.488 e. The Labute approximate surface area is 126 Å². The molecule has 0 radical (unpaired) electrons. The second-order valence-corrected chi connectivity index (χ2v) is 5.26. The summed E-state index contributed by atoms with van der Waals surface area (Å²) in [5.41, 5.74) is 0.991. The molecule has 0 fully saturated rings. The fourth-order valence-corrected chi connectivity index (χ4v) is 2.24. The quantitative estimate of drug-likeness (QED) is 0.764. The minimum Gasteiger partial charge on any atom is -0.488 e. The van der Waals surface area contributed by atoms with Gasteiger partial charge in [-0.1, -0.05) is 6.92 Å². The molecule has 20 heavy (non-hydrogen) atoms. The Bertz CT molecular complexity index is 557. The zero-order valence-corrected chi connectivity index (χ0v) is 12.9. The molecule has 3 nitrogen and oxygen atoms in total. The number of ether oxygens (including phenoxy) is 1. The molecule has 0 aliphatic heterocycles. The van der Waals surface area contributed by atoms with Gasteiger partial charge in [0.15, 0.2) is 0 Å². The van der Waals surface area contributed by atoms with Crippen LogP contribution in [0.4, 0.5) is 4.39 Å². The van der Waals surface area contributed by atoms with Gasteiger partial charge in [0, 0.05) is 5.56 Å². The summed E-state index contributed by atoms with van der Waals surface area (Å²) < 4.78 is 24.7. The predicted molar refractivity (Wildman–Crippen MR) is 79.1 cm³/mol. The molecule has 1 heterocycles. The molecule has 0 spiro atoms. The number of halogens is 2. The first-order valence-corrected chi connectivity index (χ1v) is 7.33. The van der Waals surface area contributed by atoms with Crippen molar-refractivity contribution in [1.29, 1.82) is 0 Å². The lowest BCUT2D eigenvalue weighted by Crippen LogP contribution is -2.14. The first-order valence-electron chi connectivity index (χ1n) is 6.54. The zero-order valence-electron chi connectivity index (χ0n) is 11.3. The van der Waals surface area contributed by atoms with Crippen molar-refractivity contribution in [2.75, 3.05) is 6.54 Å². The van der Waals surface area contributed by atoms with Gasteiger partial charge in [-0.2, -0.15) is 0 Å². The van der Waals surface area contributed by atoms with Crippen LogP contribution < -0.4 is 10.1 Å². The Morgan fingerprint density at radius 2 is 2.20 bits per heavy atom. The second-order valence-electron chi connectivity index (χ2n) is 4.41. The van der Waals surface area contributed by atoms with E-state index in [4.69, 9.17) is 9.15 Å². The summed E-state index contributed by atoms with van der Waals surface area (Å²) in [6, 6.07) is 6.25. The number of hydrogen-bond acceptors (Lipinski definition) is 3. The van der Waals surface area contributed by atoms with Gasteiger partial charge in [0.1, 0.15) is 23.9 Å². The lowest BCUT2D eigenvalue weighted by Gasteiger charge is -2.08. The minimum absolute atomic E-state index is 0.294. The Morgan fingerprint density at radius 3 is 2.95 bits per heavy atom. The van der Waals surface area contributed by atoms with E-state index in [1.54, 1.807) is 12.3 Å². The van der Waals surface area contributed by atoms with Crippen LogP contribution in [0.15, 0.2) is 39.4 Å². The third-order valence-corrected chi connectivity index (χ3v) is 3.45. The molecule has 0 aliphatic carbocycles. The van der Waals surface area contributed by atoms with Crippen LogP contribution in [0.5, 0.6) is 5.75 Å². The van der Waals surface area contributed by atoms with Crippen LogP contribution in [-0.4, -0.2) is 6.54 Å². The van der Waals surface area contributed by atoms with E-state index in [2.05, 4.69) is 28.2 Å². The van der Waals surface area contributed by atoms with Crippen LogP contribution in [0.3, 0.4) is 0 Å². The van der Waals surface area contributed by atoms with Gasteiger partial charge >= 0.3 is 0 Å². The van der Waals surface area contributed by atoms with Gasteiger partial charge in [-0.25, -0.2) is 4.39 Å². The average molecular weight is 342 g/mol. The van der Waals surface area contributed by atoms with Crippen molar-refractivity contribution >= 4 is 15.9 Å². The SMILES string of the molecule is CCCNCc1occc1COc1ccc(F)cc1Br. The summed E-state index contributed by atoms with van der Waals surface area (Å²) >= 11 is 3.28. The van der Waals surface area contributed by atoms with Gasteiger partial charge in [0.2, 0.25) is 0 Å². The highest BCUT2D eigenvalue weighted by molar-refractivity contribution is 9.10. The van der Waals surface area contributed by atoms with E-state index in [1.807, 2.05) is 6.07 Å². The Hall–Kier alpha value is -1.33. The lowest BCUT2D eigenvalue weighted by molar-refractivity contribution is 0.299. The molecule has 0 amide bonds. The molecule has 1 aromatic heterocycles. The first-order chi connectivity index (χ1) is 9.70. The van der Waals surface area contributed by atoms with Crippen LogP contribution in [-0.2, 0) is 13.2 Å². The van der Waals surface area contributed by atoms with Crippen LogP contribution in [0.25, 0.3) is 0 Å². The fourth-order valence-electron chi connectivity index (χ4n) is 1.78. The maximum absolute atomic E-state index is 13.0. The minimum atomic E-state index is -0.294. The van der Waals surface area contributed by atoms with Crippen molar-refractivity contribution in [3.63, 3.8) is 0 Å². The van der Waals surface area contributed by atoms with Crippen molar-refractivity contribution in [2.24, 2.45) is 0 Å². The van der Waals surface area contributed by atoms with Crippen molar-refractivity contribution in [3.8, 4) is 5.75 Å². The number of benzene rings is 1. The van der Waals surface area contributed by atoms with E-state index in [0.717, 1.165) is 24.3 Å². The molecule has 5 heteroatoms. The standard InChI is InChI=1S/C15H17BrFNO2/c1-2-6-18-9-15-11(5-7-19-15)10-20-14-4-3-12(17)8-13(14)16/h3-5,7-8,18H,2,6,9-10H2,1H3. The number of furan rings is 1. The van der Waals surface area contributed by atoms with E-state index < -0.39 is 0 Å². The predicted octanol–water partition coefficient (Wildman–Crippen LogP) is 4.26. The second kappa shape index (κ2) is 7.45. The molecule has 2 rings (SSSR count). The van der Waals surface area contributed by atoms with E-state index >= 15 is 0 Å². The molecular weight excluding hydrogens is 325 g/mol. The van der Waals surface area contributed by atoms with Crippen molar-refractivity contribution in [1.82, 2.24) is 5.32 Å². The van der Waals surface area contributed by atoms with Gasteiger partial charge in [-0.05, 0) is 53.2 Å². The van der Waals surface area contributed by atoms with E-state index in [-0.39, 0.29) is 5.82 Å². The maximum Gasteiger partial charge on any atom is 0.134 e. The molecule has 0 saturated heterocycles. The van der Waals surface area contributed by atoms with E-state index in [1.165, 1.54) is 12.1 Å². The van der Waals surface area contributed by atoms with E-state index in [9.17, 15) is 4.39 Å². The number of hydrogen-bond donors (Lipinski definition) is 1. The normalized spacial score (nSPS) is 10.8. The Morgan fingerprint density at radius 1 is 1.35 bits per heavy atom. The summed E-state index contributed by atoms with van der Waals surface area (Å²) in [7, 11) is 0. The van der Waals surface area contributed by atoms with Crippen LogP contribution in [0.2, 0.25) is 0 Å². The molecule has 1 aromatic carbocycles. The third kappa shape index (κ3) is 4.08. The highest BCUT2D eigenvalue weighted by Crippen LogP contribution is 2.26. The maximum atomic E-state index is 13.0. The van der Waals surface area contributed by atoms with E-state index in [0.29, 0.717) is 23.4 Å². The van der Waals surface area contributed by atoms with Crippen molar-refractivity contribution in [3.05, 3.63) is 52.1 Å². The summed E-state index contributed by atoms with van der Waals surface area (Å²) in [5.74, 6) is 1.19. The molecule has 0 bridgehead atoms. The van der Waals surface area contributed by atoms with Gasteiger partial charge in [-0.3, -0.25) is 0 Å². The van der Waals surface area contributed by atoms with Crippen molar-refractivity contribution < 1.29 is 13.5 Å². The third-order valence-electron chi connectivity index (χ3n) is 2.83. The number of rotatable bonds is 7. The monoisotopic (exact) mass is 341 g/mol. The summed E-state index contributed by atoms with van der Waals surface area (Å²) in [4.78, 5) is 0. The summed E-state index contributed by atoms with van der Waals surface area (Å²) in [6.07, 6.45) is 2.73. The van der Waals surface area contributed by atoms with Crippen LogP contribution >= 0.6 is 15.9 Å². The van der Waals surface area contributed by atoms with Gasteiger partial charge < -0.3 is 14.5 Å². The Kier molecular flexibility index (Phi) is 5.61. The topological polar surface area (TPSA) is 34.4 Å². The first kappa shape index (κ1) is 15.1. The number of nitrogens with one attached hydrogen (secondary N) is 1. The zero-order chi connectivity index (χ0) is 14.4. The van der Waals surface area contributed by atoms with Gasteiger partial charge in [-0.15, -0.1) is 0 Å². The fraction of sp³-hybridized carbons (Fsp3) is 0.333. The molecule has 0 atom stereocenters. The summed E-state index contributed by atoms with van der Waals surface area (Å²) in [5, 5.41) is 3.29. The molecule has 108 valence electrons. The highest BCUT2D eigenvalue weighted by atomic mass is 79.9. The van der Waals surface area contributed by atoms with Crippen molar-refractivity contribution in [2.45, 2.75) is 26.5 Å². The molecule has 1 N–H and O–H groups in total. The summed E-state index contributed by atoms with van der Waals surface area (Å²) in [6.45, 7) is 4.14. The Balaban J connectivity index is 1.95. The van der Waals surface area contributed by atoms with Crippen LogP contribution in [0.1, 0.15) is 24.7 Å².